The van der Waals surface area contributed by atoms with Crippen LogP contribution in [-0.2, 0) is 21.4 Å². The van der Waals surface area contributed by atoms with Crippen LogP contribution in [0.25, 0.3) is 0 Å². The number of sulfonamides is 1. The molecule has 166 valence electrons. The quantitative estimate of drug-likeness (QED) is 0.418. The fourth-order valence-electron chi connectivity index (χ4n) is 3.22. The molecule has 32 heavy (non-hydrogen) atoms. The first-order valence-electron chi connectivity index (χ1n) is 10.2. The summed E-state index contributed by atoms with van der Waals surface area (Å²) in [5, 5.41) is 3.98. The van der Waals surface area contributed by atoms with Crippen LogP contribution in [0.5, 0.6) is 0 Å². The van der Waals surface area contributed by atoms with Crippen molar-refractivity contribution in [2.45, 2.75) is 32.2 Å². The van der Waals surface area contributed by atoms with E-state index in [1.54, 1.807) is 24.3 Å². The minimum atomic E-state index is -3.89. The van der Waals surface area contributed by atoms with Gasteiger partial charge in [-0.25, -0.2) is 13.8 Å². The average molecular weight is 450 g/mol. The van der Waals surface area contributed by atoms with Crippen LogP contribution in [0, 0.1) is 20.8 Å². The van der Waals surface area contributed by atoms with E-state index >= 15 is 0 Å². The third-order valence-electron chi connectivity index (χ3n) is 4.87. The predicted octanol–water partition coefficient (Wildman–Crippen LogP) is 3.95. The summed E-state index contributed by atoms with van der Waals surface area (Å²) in [5.41, 5.74) is 7.13. The van der Waals surface area contributed by atoms with Crippen LogP contribution in [0.2, 0.25) is 0 Å². The monoisotopic (exact) mass is 449 g/mol. The fourth-order valence-corrected chi connectivity index (χ4v) is 4.61. The zero-order chi connectivity index (χ0) is 23.1. The molecule has 1 amide bonds. The first kappa shape index (κ1) is 23.4. The second-order valence-corrected chi connectivity index (χ2v) is 9.72. The van der Waals surface area contributed by atoms with Gasteiger partial charge in [-0.15, -0.1) is 0 Å². The number of hydrogen-bond acceptors (Lipinski definition) is 4. The lowest BCUT2D eigenvalue weighted by Crippen LogP contribution is -2.39. The van der Waals surface area contributed by atoms with Crippen molar-refractivity contribution in [3.63, 3.8) is 0 Å². The first-order valence-corrected chi connectivity index (χ1v) is 11.7. The Morgan fingerprint density at radius 2 is 1.56 bits per heavy atom. The minimum absolute atomic E-state index is 0.0763. The summed E-state index contributed by atoms with van der Waals surface area (Å²) in [7, 11) is -3.89. The molecule has 3 aromatic rings. The van der Waals surface area contributed by atoms with E-state index in [-0.39, 0.29) is 18.0 Å². The fraction of sp³-hybridized carbons (Fsp3) is 0.200. The summed E-state index contributed by atoms with van der Waals surface area (Å²) in [4.78, 5) is 12.7. The van der Waals surface area contributed by atoms with Crippen molar-refractivity contribution in [3.05, 3.63) is 101 Å². The summed E-state index contributed by atoms with van der Waals surface area (Å²) in [6.45, 7) is 5.52. The number of carbonyl (C=O) groups excluding carboxylic acids is 1. The maximum absolute atomic E-state index is 13.3. The highest BCUT2D eigenvalue weighted by Gasteiger charge is 2.27. The highest BCUT2D eigenvalue weighted by atomic mass is 32.2. The molecule has 0 atom stereocenters. The first-order chi connectivity index (χ1) is 15.2. The van der Waals surface area contributed by atoms with Crippen molar-refractivity contribution in [1.29, 1.82) is 0 Å². The van der Waals surface area contributed by atoms with Gasteiger partial charge >= 0.3 is 0 Å². The predicted molar refractivity (Wildman–Crippen MR) is 127 cm³/mol. The second kappa shape index (κ2) is 10.3. The van der Waals surface area contributed by atoms with Gasteiger partial charge in [0.05, 0.1) is 17.7 Å². The van der Waals surface area contributed by atoms with Crippen LogP contribution in [0.4, 0.5) is 0 Å². The molecule has 0 radical (unpaired) electrons. The van der Waals surface area contributed by atoms with E-state index in [1.807, 2.05) is 69.3 Å². The topological polar surface area (TPSA) is 78.8 Å². The second-order valence-electron chi connectivity index (χ2n) is 7.78. The lowest BCUT2D eigenvalue weighted by atomic mass is 10.1. The Kier molecular flexibility index (Phi) is 7.56. The molecule has 0 saturated heterocycles. The lowest BCUT2D eigenvalue weighted by Gasteiger charge is -2.22. The molecular formula is C25H27N3O3S. The molecule has 7 heteroatoms. The molecule has 0 unspecified atom stereocenters. The van der Waals surface area contributed by atoms with Crippen LogP contribution in [0.3, 0.4) is 0 Å². The van der Waals surface area contributed by atoms with Crippen molar-refractivity contribution in [1.82, 2.24) is 9.73 Å². The number of carbonyl (C=O) groups is 1. The van der Waals surface area contributed by atoms with Crippen LogP contribution in [0.15, 0.2) is 82.8 Å². The van der Waals surface area contributed by atoms with Gasteiger partial charge < -0.3 is 0 Å². The van der Waals surface area contributed by atoms with E-state index in [1.165, 1.54) is 10.5 Å². The van der Waals surface area contributed by atoms with E-state index in [0.29, 0.717) is 0 Å². The van der Waals surface area contributed by atoms with E-state index in [2.05, 4.69) is 10.5 Å². The van der Waals surface area contributed by atoms with E-state index in [9.17, 15) is 13.2 Å². The Labute approximate surface area is 189 Å². The number of benzene rings is 3. The largest absolute Gasteiger partial charge is 0.272 e. The molecule has 0 aliphatic rings. The van der Waals surface area contributed by atoms with Crippen molar-refractivity contribution < 1.29 is 13.2 Å². The van der Waals surface area contributed by atoms with Gasteiger partial charge in [0.2, 0.25) is 10.0 Å². The number of rotatable bonds is 8. The van der Waals surface area contributed by atoms with Crippen LogP contribution in [-0.4, -0.2) is 31.4 Å². The molecule has 3 rings (SSSR count). The molecule has 0 saturated carbocycles. The van der Waals surface area contributed by atoms with Crippen LogP contribution < -0.4 is 5.43 Å². The van der Waals surface area contributed by atoms with Crippen molar-refractivity contribution in [3.8, 4) is 0 Å². The highest BCUT2D eigenvalue weighted by molar-refractivity contribution is 7.89. The molecule has 0 fully saturated rings. The Hall–Kier alpha value is -3.29. The molecule has 0 heterocycles. The summed E-state index contributed by atoms with van der Waals surface area (Å²) in [6.07, 6.45) is 1.53. The van der Waals surface area contributed by atoms with Gasteiger partial charge in [-0.05, 0) is 44.0 Å². The Balaban J connectivity index is 1.80. The van der Waals surface area contributed by atoms with Crippen LogP contribution >= 0.6 is 0 Å². The van der Waals surface area contributed by atoms with Crippen molar-refractivity contribution >= 4 is 22.1 Å². The normalized spacial score (nSPS) is 11.8. The zero-order valence-corrected chi connectivity index (χ0v) is 19.3. The molecule has 0 aliphatic carbocycles. The maximum atomic E-state index is 13.3. The maximum Gasteiger partial charge on any atom is 0.255 e. The molecule has 0 aromatic heterocycles. The Morgan fingerprint density at radius 3 is 2.22 bits per heavy atom. The van der Waals surface area contributed by atoms with Gasteiger partial charge in [0, 0.05) is 6.54 Å². The van der Waals surface area contributed by atoms with Gasteiger partial charge in [0.1, 0.15) is 0 Å². The molecule has 0 bridgehead atoms. The van der Waals surface area contributed by atoms with Gasteiger partial charge in [-0.1, -0.05) is 77.4 Å². The number of nitrogens with one attached hydrogen (secondary N) is 1. The number of hydrazone groups is 1. The summed E-state index contributed by atoms with van der Waals surface area (Å²) in [5.74, 6) is -0.516. The Bertz CT molecular complexity index is 1220. The number of nitrogens with zero attached hydrogens (tertiary/aromatic N) is 2. The molecule has 0 spiro atoms. The molecule has 3 aromatic carbocycles. The minimum Gasteiger partial charge on any atom is -0.272 e. The number of aryl methyl sites for hydroxylation is 3. The standard InChI is InChI=1S/C25H27N3O3S/c1-19-10-12-24(13-11-19)32(30,31)28(17-23-9-5-7-21(3)15-23)18-25(29)27-26-16-22-8-4-6-20(2)14-22/h4-16H,17-18H2,1-3H3,(H,27,29)/b26-16-. The molecular weight excluding hydrogens is 422 g/mol. The van der Waals surface area contributed by atoms with E-state index in [4.69, 9.17) is 0 Å². The molecule has 1 N–H and O–H groups in total. The molecule has 6 nitrogen and oxygen atoms in total. The highest BCUT2D eigenvalue weighted by Crippen LogP contribution is 2.19. The van der Waals surface area contributed by atoms with Crippen molar-refractivity contribution in [2.75, 3.05) is 6.54 Å². The average Bonchev–Trinajstić information content (AvgIpc) is 2.74. The zero-order valence-electron chi connectivity index (χ0n) is 18.4. The smallest absolute Gasteiger partial charge is 0.255 e. The third-order valence-corrected chi connectivity index (χ3v) is 6.67. The van der Waals surface area contributed by atoms with Gasteiger partial charge in [0.25, 0.3) is 5.91 Å². The summed E-state index contributed by atoms with van der Waals surface area (Å²) >= 11 is 0. The van der Waals surface area contributed by atoms with E-state index in [0.717, 1.165) is 27.8 Å². The summed E-state index contributed by atoms with van der Waals surface area (Å²) < 4.78 is 27.8. The van der Waals surface area contributed by atoms with E-state index < -0.39 is 15.9 Å². The van der Waals surface area contributed by atoms with Gasteiger partial charge in [0.15, 0.2) is 0 Å². The number of hydrogen-bond donors (Lipinski definition) is 1. The van der Waals surface area contributed by atoms with Gasteiger partial charge in [-0.2, -0.15) is 9.41 Å². The lowest BCUT2D eigenvalue weighted by molar-refractivity contribution is -0.121. The third kappa shape index (κ3) is 6.35. The Morgan fingerprint density at radius 1 is 0.906 bits per heavy atom. The van der Waals surface area contributed by atoms with Gasteiger partial charge in [-0.3, -0.25) is 4.79 Å². The summed E-state index contributed by atoms with van der Waals surface area (Å²) in [6, 6.07) is 21.8. The molecule has 0 aliphatic heterocycles. The van der Waals surface area contributed by atoms with Crippen molar-refractivity contribution in [2.24, 2.45) is 5.10 Å². The SMILES string of the molecule is Cc1ccc(S(=O)(=O)N(CC(=O)N/N=C\c2cccc(C)c2)Cc2cccc(C)c2)cc1. The number of amides is 1. The van der Waals surface area contributed by atoms with Crippen LogP contribution in [0.1, 0.15) is 27.8 Å².